The maximum absolute atomic E-state index is 12.9. The molecule has 7 nitrogen and oxygen atoms in total. The van der Waals surface area contributed by atoms with Crippen LogP contribution in [0.2, 0.25) is 0 Å². The summed E-state index contributed by atoms with van der Waals surface area (Å²) in [5, 5.41) is 8.83. The summed E-state index contributed by atoms with van der Waals surface area (Å²) in [5.74, 6) is 0.0784. The summed E-state index contributed by atoms with van der Waals surface area (Å²) in [6.45, 7) is -1.10. The molecule has 178 valence electrons. The molecule has 0 bridgehead atoms. The summed E-state index contributed by atoms with van der Waals surface area (Å²) in [5.41, 5.74) is 3.95. The number of hydrogen-bond acceptors (Lipinski definition) is 6. The number of hydrazine groups is 1. The number of aliphatic imine (C=N–C) groups is 1. The highest BCUT2D eigenvalue weighted by atomic mass is 79.9. The molecule has 0 radical (unpaired) electrons. The first-order chi connectivity index (χ1) is 15.7. The van der Waals surface area contributed by atoms with Crippen LogP contribution in [0.15, 0.2) is 58.0 Å². The summed E-state index contributed by atoms with van der Waals surface area (Å²) in [6.07, 6.45) is -3.84. The second kappa shape index (κ2) is 11.0. The number of carbonyl (C=O) groups excluding carboxylic acids is 1. The molecule has 1 amide bonds. The van der Waals surface area contributed by atoms with Crippen LogP contribution >= 0.6 is 15.9 Å². The minimum atomic E-state index is -4.48. The number of aliphatic hydroxyl groups is 1. The van der Waals surface area contributed by atoms with Crippen LogP contribution < -0.4 is 15.6 Å². The molecule has 1 aliphatic rings. The Bertz CT molecular complexity index is 968. The molecule has 0 fully saturated rings. The molecule has 2 aromatic rings. The summed E-state index contributed by atoms with van der Waals surface area (Å²) >= 11 is 3.35. The molecular weight excluding hydrogens is 507 g/mol. The number of halogens is 4. The molecule has 3 rings (SSSR count). The van der Waals surface area contributed by atoms with Crippen LogP contribution in [0.1, 0.15) is 17.5 Å². The standard InChI is InChI=1S/C22H23BrF3N3O4/c23-17-6-2-15(3-7-17)12-21(20(31)29-27-13-22(24,25)26)14-33-19(28-21)16-4-8-18(9-5-16)32-11-1-10-30/h2-9,27,30H,1,10-14H2,(H,29,31)/t21-/m0/s1. The first-order valence-electron chi connectivity index (χ1n) is 10.1. The van der Waals surface area contributed by atoms with E-state index in [0.717, 1.165) is 10.0 Å². The number of carbonyl (C=O) groups is 1. The lowest BCUT2D eigenvalue weighted by Gasteiger charge is -2.23. The van der Waals surface area contributed by atoms with E-state index >= 15 is 0 Å². The zero-order valence-corrected chi connectivity index (χ0v) is 19.1. The van der Waals surface area contributed by atoms with Gasteiger partial charge >= 0.3 is 6.18 Å². The van der Waals surface area contributed by atoms with Crippen molar-refractivity contribution in [3.05, 3.63) is 64.1 Å². The second-order valence-electron chi connectivity index (χ2n) is 7.41. The smallest absolute Gasteiger partial charge is 0.402 e. The van der Waals surface area contributed by atoms with E-state index in [-0.39, 0.29) is 25.5 Å². The van der Waals surface area contributed by atoms with Gasteiger partial charge in [-0.05, 0) is 42.0 Å². The van der Waals surface area contributed by atoms with E-state index in [1.807, 2.05) is 5.43 Å². The number of nitrogens with one attached hydrogen (secondary N) is 2. The molecule has 0 aromatic heterocycles. The Labute approximate surface area is 197 Å². The van der Waals surface area contributed by atoms with Crippen molar-refractivity contribution in [1.82, 2.24) is 10.9 Å². The Morgan fingerprint density at radius 2 is 1.88 bits per heavy atom. The minimum Gasteiger partial charge on any atom is -0.494 e. The normalized spacial score (nSPS) is 17.9. The van der Waals surface area contributed by atoms with E-state index in [9.17, 15) is 18.0 Å². The van der Waals surface area contributed by atoms with E-state index < -0.39 is 24.2 Å². The number of nitrogens with zero attached hydrogens (tertiary/aromatic N) is 1. The van der Waals surface area contributed by atoms with Gasteiger partial charge in [-0.3, -0.25) is 10.2 Å². The molecule has 0 spiro atoms. The first kappa shape index (κ1) is 25.0. The van der Waals surface area contributed by atoms with Crippen molar-refractivity contribution in [3.63, 3.8) is 0 Å². The lowest BCUT2D eigenvalue weighted by atomic mass is 9.91. The zero-order chi connectivity index (χ0) is 23.9. The third-order valence-electron chi connectivity index (χ3n) is 4.76. The van der Waals surface area contributed by atoms with Crippen LogP contribution in [0.5, 0.6) is 5.75 Å². The summed E-state index contributed by atoms with van der Waals surface area (Å²) in [4.78, 5) is 17.4. The highest BCUT2D eigenvalue weighted by Gasteiger charge is 2.45. The van der Waals surface area contributed by atoms with E-state index in [2.05, 4.69) is 26.3 Å². The predicted octanol–water partition coefficient (Wildman–Crippen LogP) is 3.15. The van der Waals surface area contributed by atoms with Crippen molar-refractivity contribution in [2.75, 3.05) is 26.4 Å². The zero-order valence-electron chi connectivity index (χ0n) is 17.5. The number of amides is 1. The Morgan fingerprint density at radius 1 is 1.18 bits per heavy atom. The van der Waals surface area contributed by atoms with Gasteiger partial charge in [0.1, 0.15) is 18.9 Å². The fourth-order valence-corrected chi connectivity index (χ4v) is 3.38. The molecule has 2 aromatic carbocycles. The number of hydrogen-bond donors (Lipinski definition) is 3. The number of rotatable bonds is 10. The summed E-state index contributed by atoms with van der Waals surface area (Å²) in [7, 11) is 0. The van der Waals surface area contributed by atoms with Gasteiger partial charge in [0.15, 0.2) is 5.54 Å². The van der Waals surface area contributed by atoms with Crippen LogP contribution in [0.3, 0.4) is 0 Å². The maximum Gasteiger partial charge on any atom is 0.402 e. The van der Waals surface area contributed by atoms with Gasteiger partial charge in [0.25, 0.3) is 5.91 Å². The largest absolute Gasteiger partial charge is 0.494 e. The first-order valence-corrected chi connectivity index (χ1v) is 10.9. The molecule has 1 aliphatic heterocycles. The van der Waals surface area contributed by atoms with Gasteiger partial charge in [-0.2, -0.15) is 13.2 Å². The molecule has 1 atom stereocenters. The monoisotopic (exact) mass is 529 g/mol. The Kier molecular flexibility index (Phi) is 8.33. The summed E-state index contributed by atoms with van der Waals surface area (Å²) < 4.78 is 49.5. The molecule has 1 heterocycles. The van der Waals surface area contributed by atoms with E-state index in [1.165, 1.54) is 0 Å². The fourth-order valence-electron chi connectivity index (χ4n) is 3.11. The molecule has 33 heavy (non-hydrogen) atoms. The molecule has 3 N–H and O–H groups in total. The number of benzene rings is 2. The maximum atomic E-state index is 12.9. The lowest BCUT2D eigenvalue weighted by Crippen LogP contribution is -2.54. The SMILES string of the molecule is O=C(NNCC(F)(F)F)[C@]1(Cc2ccc(Br)cc2)COC(c2ccc(OCCCO)cc2)=N1. The molecular formula is C22H23BrF3N3O4. The van der Waals surface area contributed by atoms with Gasteiger partial charge in [-0.15, -0.1) is 0 Å². The van der Waals surface area contributed by atoms with Crippen LogP contribution in [0.25, 0.3) is 0 Å². The van der Waals surface area contributed by atoms with Crippen LogP contribution in [0, 0.1) is 0 Å². The highest BCUT2D eigenvalue weighted by Crippen LogP contribution is 2.28. The Hall–Kier alpha value is -2.63. The van der Waals surface area contributed by atoms with E-state index in [0.29, 0.717) is 24.3 Å². The third-order valence-corrected chi connectivity index (χ3v) is 5.29. The van der Waals surface area contributed by atoms with Gasteiger partial charge in [0.2, 0.25) is 5.90 Å². The molecule has 0 saturated heterocycles. The quantitative estimate of drug-likeness (QED) is 0.325. The molecule has 0 unspecified atom stereocenters. The summed E-state index contributed by atoms with van der Waals surface area (Å²) in [6, 6.07) is 14.0. The third kappa shape index (κ3) is 7.18. The average molecular weight is 530 g/mol. The highest BCUT2D eigenvalue weighted by molar-refractivity contribution is 9.10. The van der Waals surface area contributed by atoms with Gasteiger partial charge in [0.05, 0.1) is 6.61 Å². The van der Waals surface area contributed by atoms with E-state index in [1.54, 1.807) is 48.5 Å². The van der Waals surface area contributed by atoms with Crippen molar-refractivity contribution < 1.29 is 32.5 Å². The van der Waals surface area contributed by atoms with Crippen LogP contribution in [-0.2, 0) is 16.0 Å². The lowest BCUT2D eigenvalue weighted by molar-refractivity contribution is -0.135. The molecule has 0 aliphatic carbocycles. The number of ether oxygens (including phenoxy) is 2. The number of aliphatic hydroxyl groups excluding tert-OH is 1. The van der Waals surface area contributed by atoms with Gasteiger partial charge < -0.3 is 14.6 Å². The Balaban J connectivity index is 1.80. The van der Waals surface area contributed by atoms with E-state index in [4.69, 9.17) is 14.6 Å². The molecule has 11 heteroatoms. The topological polar surface area (TPSA) is 92.2 Å². The minimum absolute atomic E-state index is 0.0308. The van der Waals surface area contributed by atoms with Crippen molar-refractivity contribution in [3.8, 4) is 5.75 Å². The van der Waals surface area contributed by atoms with Gasteiger partial charge in [-0.1, -0.05) is 28.1 Å². The van der Waals surface area contributed by atoms with Crippen molar-refractivity contribution in [2.24, 2.45) is 4.99 Å². The fraction of sp³-hybridized carbons (Fsp3) is 0.364. The van der Waals surface area contributed by atoms with Crippen LogP contribution in [-0.4, -0.2) is 55.0 Å². The van der Waals surface area contributed by atoms with Crippen molar-refractivity contribution >= 4 is 27.7 Å². The van der Waals surface area contributed by atoms with Gasteiger partial charge in [-0.25, -0.2) is 10.4 Å². The van der Waals surface area contributed by atoms with Crippen LogP contribution in [0.4, 0.5) is 13.2 Å². The van der Waals surface area contributed by atoms with Crippen molar-refractivity contribution in [1.29, 1.82) is 0 Å². The Morgan fingerprint density at radius 3 is 2.52 bits per heavy atom. The van der Waals surface area contributed by atoms with Crippen molar-refractivity contribution in [2.45, 2.75) is 24.6 Å². The predicted molar refractivity (Wildman–Crippen MR) is 119 cm³/mol. The second-order valence-corrected chi connectivity index (χ2v) is 8.33. The number of alkyl halides is 3. The molecule has 0 saturated carbocycles. The average Bonchev–Trinajstić information content (AvgIpc) is 3.20. The van der Waals surface area contributed by atoms with Gasteiger partial charge in [0, 0.05) is 29.5 Å².